The minimum Gasteiger partial charge on any atom is -0.381 e. The molecule has 0 spiro atoms. The molecule has 0 amide bonds. The van der Waals surface area contributed by atoms with Crippen molar-refractivity contribution in [2.75, 3.05) is 39.4 Å². The average Bonchev–Trinajstić information content (AvgIpc) is 2.86. The van der Waals surface area contributed by atoms with E-state index in [4.69, 9.17) is 4.74 Å². The summed E-state index contributed by atoms with van der Waals surface area (Å²) in [5.74, 6) is 0.715. The lowest BCUT2D eigenvalue weighted by Gasteiger charge is -2.30. The van der Waals surface area contributed by atoms with Crippen molar-refractivity contribution in [2.24, 2.45) is 5.92 Å². The van der Waals surface area contributed by atoms with Gasteiger partial charge in [0.2, 0.25) is 0 Å². The van der Waals surface area contributed by atoms with Crippen LogP contribution in [0.3, 0.4) is 0 Å². The molecule has 2 atom stereocenters. The topological polar surface area (TPSA) is 24.5 Å². The van der Waals surface area contributed by atoms with Gasteiger partial charge in [0.25, 0.3) is 0 Å². The van der Waals surface area contributed by atoms with Crippen LogP contribution in [-0.2, 0) is 4.74 Å². The van der Waals surface area contributed by atoms with Gasteiger partial charge in [0, 0.05) is 25.1 Å². The average molecular weight is 242 g/mol. The van der Waals surface area contributed by atoms with Gasteiger partial charge >= 0.3 is 0 Å². The highest BCUT2D eigenvalue weighted by atomic mass is 16.5. The number of likely N-dealkylation sites (N-methyl/N-ethyl adjacent to an activating group) is 1. The van der Waals surface area contributed by atoms with Crippen molar-refractivity contribution >= 4 is 0 Å². The molecule has 1 rings (SSSR count). The highest BCUT2D eigenvalue weighted by Crippen LogP contribution is 2.17. The summed E-state index contributed by atoms with van der Waals surface area (Å²) < 4.78 is 5.53. The van der Waals surface area contributed by atoms with Crippen molar-refractivity contribution in [1.82, 2.24) is 10.2 Å². The normalized spacial score (nSPS) is 22.2. The Labute approximate surface area is 107 Å². The molecule has 0 aliphatic carbocycles. The van der Waals surface area contributed by atoms with Gasteiger partial charge in [-0.1, -0.05) is 20.8 Å². The quantitative estimate of drug-likeness (QED) is 0.670. The first-order valence-electron chi connectivity index (χ1n) is 7.35. The Bertz CT molecular complexity index is 181. The molecule has 2 unspecified atom stereocenters. The van der Waals surface area contributed by atoms with E-state index in [1.54, 1.807) is 0 Å². The van der Waals surface area contributed by atoms with Crippen LogP contribution in [0.4, 0.5) is 0 Å². The monoisotopic (exact) mass is 242 g/mol. The van der Waals surface area contributed by atoms with Crippen LogP contribution >= 0.6 is 0 Å². The zero-order valence-electron chi connectivity index (χ0n) is 11.9. The Kier molecular flexibility index (Phi) is 7.82. The molecule has 102 valence electrons. The van der Waals surface area contributed by atoms with Crippen molar-refractivity contribution in [2.45, 2.75) is 46.1 Å². The molecule has 1 aliphatic rings. The first kappa shape index (κ1) is 14.9. The minimum atomic E-state index is 0.615. The molecule has 1 fully saturated rings. The minimum absolute atomic E-state index is 0.615. The molecule has 0 aromatic rings. The van der Waals surface area contributed by atoms with Gasteiger partial charge in [-0.05, 0) is 38.9 Å². The number of hydrogen-bond acceptors (Lipinski definition) is 3. The summed E-state index contributed by atoms with van der Waals surface area (Å²) in [5, 5.41) is 3.71. The molecule has 1 aliphatic heterocycles. The lowest BCUT2D eigenvalue weighted by atomic mass is 9.98. The predicted molar refractivity (Wildman–Crippen MR) is 73.4 cm³/mol. The molecule has 1 heterocycles. The maximum Gasteiger partial charge on any atom is 0.0510 e. The molecule has 1 N–H and O–H groups in total. The highest BCUT2D eigenvalue weighted by Gasteiger charge is 2.26. The van der Waals surface area contributed by atoms with Crippen molar-refractivity contribution in [3.05, 3.63) is 0 Å². The summed E-state index contributed by atoms with van der Waals surface area (Å²) in [7, 11) is 0. The van der Waals surface area contributed by atoms with Crippen LogP contribution in [-0.4, -0.2) is 50.3 Å². The maximum atomic E-state index is 5.53. The van der Waals surface area contributed by atoms with E-state index in [1.807, 2.05) is 0 Å². The summed E-state index contributed by atoms with van der Waals surface area (Å²) in [6, 6.07) is 0.615. The Balaban J connectivity index is 2.42. The number of ether oxygens (including phenoxy) is 1. The smallest absolute Gasteiger partial charge is 0.0510 e. The third-order valence-electron chi connectivity index (χ3n) is 3.63. The summed E-state index contributed by atoms with van der Waals surface area (Å²) in [4.78, 5) is 2.56. The molecular formula is C14H30N2O. The lowest BCUT2D eigenvalue weighted by Crippen LogP contribution is -2.46. The van der Waals surface area contributed by atoms with Crippen LogP contribution in [0.15, 0.2) is 0 Å². The van der Waals surface area contributed by atoms with Crippen LogP contribution in [0.2, 0.25) is 0 Å². The number of nitrogens with one attached hydrogen (secondary N) is 1. The van der Waals surface area contributed by atoms with Gasteiger partial charge in [-0.3, -0.25) is 0 Å². The Morgan fingerprint density at radius 1 is 1.29 bits per heavy atom. The lowest BCUT2D eigenvalue weighted by molar-refractivity contribution is 0.162. The van der Waals surface area contributed by atoms with E-state index in [1.165, 1.54) is 32.4 Å². The van der Waals surface area contributed by atoms with Gasteiger partial charge < -0.3 is 15.0 Å². The van der Waals surface area contributed by atoms with Gasteiger partial charge in [-0.2, -0.15) is 0 Å². The molecule has 0 aromatic heterocycles. The molecule has 1 saturated heterocycles. The fourth-order valence-electron chi connectivity index (χ4n) is 2.55. The highest BCUT2D eigenvalue weighted by molar-refractivity contribution is 4.82. The van der Waals surface area contributed by atoms with Crippen molar-refractivity contribution in [1.29, 1.82) is 0 Å². The molecule has 17 heavy (non-hydrogen) atoms. The predicted octanol–water partition coefficient (Wildman–Crippen LogP) is 2.12. The molecule has 0 radical (unpaired) electrons. The van der Waals surface area contributed by atoms with E-state index < -0.39 is 0 Å². The largest absolute Gasteiger partial charge is 0.381 e. The van der Waals surface area contributed by atoms with Gasteiger partial charge in [0.1, 0.15) is 0 Å². The molecule has 0 saturated carbocycles. The van der Waals surface area contributed by atoms with Crippen LogP contribution in [0, 0.1) is 5.92 Å². The Morgan fingerprint density at radius 2 is 2.12 bits per heavy atom. The SMILES string of the molecule is CCCNC(CN(CC)CCC)C1CCOC1. The fraction of sp³-hybridized carbons (Fsp3) is 1.00. The molecular weight excluding hydrogens is 212 g/mol. The van der Waals surface area contributed by atoms with Gasteiger partial charge in [-0.15, -0.1) is 0 Å². The van der Waals surface area contributed by atoms with E-state index >= 15 is 0 Å². The van der Waals surface area contributed by atoms with E-state index in [0.717, 1.165) is 26.3 Å². The maximum absolute atomic E-state index is 5.53. The second-order valence-corrected chi connectivity index (χ2v) is 5.08. The summed E-state index contributed by atoms with van der Waals surface area (Å²) in [6.07, 6.45) is 3.69. The van der Waals surface area contributed by atoms with Crippen molar-refractivity contribution < 1.29 is 4.74 Å². The van der Waals surface area contributed by atoms with Gasteiger partial charge in [-0.25, -0.2) is 0 Å². The summed E-state index contributed by atoms with van der Waals surface area (Å²) in [6.45, 7) is 13.3. The first-order chi connectivity index (χ1) is 8.31. The van der Waals surface area contributed by atoms with Crippen LogP contribution in [0.5, 0.6) is 0 Å². The number of nitrogens with zero attached hydrogens (tertiary/aromatic N) is 1. The van der Waals surface area contributed by atoms with E-state index in [-0.39, 0.29) is 0 Å². The van der Waals surface area contributed by atoms with E-state index in [0.29, 0.717) is 12.0 Å². The summed E-state index contributed by atoms with van der Waals surface area (Å²) >= 11 is 0. The standard InChI is InChI=1S/C14H30N2O/c1-4-8-15-14(13-7-10-17-12-13)11-16(6-3)9-5-2/h13-15H,4-12H2,1-3H3. The number of hydrogen-bond donors (Lipinski definition) is 1. The second-order valence-electron chi connectivity index (χ2n) is 5.08. The molecule has 0 aromatic carbocycles. The van der Waals surface area contributed by atoms with Gasteiger partial charge in [0.15, 0.2) is 0 Å². The van der Waals surface area contributed by atoms with Gasteiger partial charge in [0.05, 0.1) is 6.61 Å². The molecule has 3 heteroatoms. The third kappa shape index (κ3) is 5.36. The van der Waals surface area contributed by atoms with Crippen LogP contribution < -0.4 is 5.32 Å². The Hall–Kier alpha value is -0.120. The fourth-order valence-corrected chi connectivity index (χ4v) is 2.55. The third-order valence-corrected chi connectivity index (χ3v) is 3.63. The molecule has 0 bridgehead atoms. The van der Waals surface area contributed by atoms with Crippen LogP contribution in [0.25, 0.3) is 0 Å². The van der Waals surface area contributed by atoms with Crippen molar-refractivity contribution in [3.63, 3.8) is 0 Å². The zero-order valence-corrected chi connectivity index (χ0v) is 11.9. The Morgan fingerprint density at radius 3 is 2.65 bits per heavy atom. The zero-order chi connectivity index (χ0) is 12.5. The van der Waals surface area contributed by atoms with Crippen molar-refractivity contribution in [3.8, 4) is 0 Å². The first-order valence-corrected chi connectivity index (χ1v) is 7.35. The summed E-state index contributed by atoms with van der Waals surface area (Å²) in [5.41, 5.74) is 0. The second kappa shape index (κ2) is 8.90. The molecule has 3 nitrogen and oxygen atoms in total. The van der Waals surface area contributed by atoms with E-state index in [2.05, 4.69) is 31.0 Å². The van der Waals surface area contributed by atoms with Crippen LogP contribution in [0.1, 0.15) is 40.0 Å². The number of rotatable bonds is 9. The van der Waals surface area contributed by atoms with E-state index in [9.17, 15) is 0 Å².